The Kier molecular flexibility index (Phi) is 10.4. The average Bonchev–Trinajstić information content (AvgIpc) is 2.52. The van der Waals surface area contributed by atoms with Crippen LogP contribution in [0.3, 0.4) is 0 Å². The summed E-state index contributed by atoms with van der Waals surface area (Å²) >= 11 is 0. The van der Waals surface area contributed by atoms with E-state index >= 15 is 0 Å². The zero-order valence-electron chi connectivity index (χ0n) is 14.6. The average molecular weight is 328 g/mol. The summed E-state index contributed by atoms with van der Waals surface area (Å²) in [5, 5.41) is 3.34. The Bertz CT molecular complexity index is 363. The van der Waals surface area contributed by atoms with E-state index in [0.29, 0.717) is 32.2 Å². The molecule has 7 nitrogen and oxygen atoms in total. The van der Waals surface area contributed by atoms with Crippen LogP contribution in [-0.4, -0.2) is 69.9 Å². The van der Waals surface area contributed by atoms with Crippen molar-refractivity contribution in [2.24, 2.45) is 16.6 Å². The number of likely N-dealkylation sites (tertiary alicyclic amines) is 1. The Morgan fingerprint density at radius 2 is 2.22 bits per heavy atom. The molecule has 1 rings (SSSR count). The van der Waals surface area contributed by atoms with Gasteiger partial charge in [0.2, 0.25) is 5.91 Å². The number of carbonyl (C=O) groups is 1. The molecular formula is C16H32N4O3. The number of aliphatic imine (C=N–C) groups is 1. The van der Waals surface area contributed by atoms with E-state index in [1.807, 2.05) is 0 Å². The van der Waals surface area contributed by atoms with E-state index in [-0.39, 0.29) is 5.91 Å². The second-order valence-electron chi connectivity index (χ2n) is 5.82. The predicted molar refractivity (Wildman–Crippen MR) is 91.4 cm³/mol. The quantitative estimate of drug-likeness (QED) is 0.348. The van der Waals surface area contributed by atoms with Crippen LogP contribution in [0.1, 0.15) is 32.6 Å². The number of ether oxygens (including phenoxy) is 2. The van der Waals surface area contributed by atoms with Gasteiger partial charge in [-0.1, -0.05) is 0 Å². The minimum atomic E-state index is -0.216. The molecule has 1 saturated heterocycles. The lowest BCUT2D eigenvalue weighted by atomic mass is 9.95. The van der Waals surface area contributed by atoms with Gasteiger partial charge in [0.05, 0.1) is 13.2 Å². The van der Waals surface area contributed by atoms with Gasteiger partial charge in [-0.15, -0.1) is 0 Å². The molecule has 1 aliphatic heterocycles. The molecule has 1 heterocycles. The van der Waals surface area contributed by atoms with Crippen molar-refractivity contribution in [3.05, 3.63) is 0 Å². The molecule has 0 aromatic heterocycles. The maximum absolute atomic E-state index is 11.1. The Labute approximate surface area is 139 Å². The normalized spacial score (nSPS) is 19.0. The zero-order valence-corrected chi connectivity index (χ0v) is 14.6. The first-order valence-electron chi connectivity index (χ1n) is 8.55. The third kappa shape index (κ3) is 8.76. The van der Waals surface area contributed by atoms with Gasteiger partial charge in [-0.3, -0.25) is 9.79 Å². The Morgan fingerprint density at radius 1 is 1.39 bits per heavy atom. The number of methoxy groups -OCH3 is 1. The van der Waals surface area contributed by atoms with Crippen molar-refractivity contribution in [2.45, 2.75) is 32.6 Å². The molecule has 0 saturated carbocycles. The number of guanidine groups is 1. The van der Waals surface area contributed by atoms with Crippen molar-refractivity contribution < 1.29 is 14.3 Å². The highest BCUT2D eigenvalue weighted by molar-refractivity contribution is 5.80. The molecule has 0 aromatic rings. The molecule has 0 aromatic carbocycles. The summed E-state index contributed by atoms with van der Waals surface area (Å²) in [5.41, 5.74) is 5.33. The van der Waals surface area contributed by atoms with Gasteiger partial charge < -0.3 is 25.4 Å². The van der Waals surface area contributed by atoms with Gasteiger partial charge in [-0.25, -0.2) is 0 Å². The zero-order chi connectivity index (χ0) is 16.9. The van der Waals surface area contributed by atoms with Crippen LogP contribution in [0.2, 0.25) is 0 Å². The summed E-state index contributed by atoms with van der Waals surface area (Å²) < 4.78 is 10.4. The second kappa shape index (κ2) is 12.1. The first-order chi connectivity index (χ1) is 11.2. The number of amides is 1. The van der Waals surface area contributed by atoms with E-state index in [2.05, 4.69) is 22.1 Å². The number of piperidine rings is 1. The fourth-order valence-corrected chi connectivity index (χ4v) is 2.73. The van der Waals surface area contributed by atoms with Crippen LogP contribution in [0.25, 0.3) is 0 Å². The number of nitrogens with two attached hydrogens (primary N) is 1. The van der Waals surface area contributed by atoms with Crippen LogP contribution in [0.4, 0.5) is 0 Å². The first kappa shape index (κ1) is 19.7. The summed E-state index contributed by atoms with van der Waals surface area (Å²) in [6, 6.07) is 0. The number of carbonyl (C=O) groups excluding carboxylic acids is 1. The molecule has 1 unspecified atom stereocenters. The molecule has 1 aliphatic rings. The van der Waals surface area contributed by atoms with Crippen LogP contribution < -0.4 is 11.1 Å². The summed E-state index contributed by atoms with van der Waals surface area (Å²) in [5.74, 6) is 1.05. The Balaban J connectivity index is 2.39. The maximum Gasteiger partial charge on any atom is 0.217 e. The molecule has 3 N–H and O–H groups in total. The fourth-order valence-electron chi connectivity index (χ4n) is 2.73. The highest BCUT2D eigenvalue weighted by Gasteiger charge is 2.23. The van der Waals surface area contributed by atoms with Gasteiger partial charge in [0.15, 0.2) is 5.96 Å². The molecule has 134 valence electrons. The minimum Gasteiger partial charge on any atom is -0.382 e. The number of rotatable bonds is 10. The van der Waals surface area contributed by atoms with Crippen LogP contribution in [0.15, 0.2) is 4.99 Å². The topological polar surface area (TPSA) is 89.2 Å². The van der Waals surface area contributed by atoms with Crippen LogP contribution >= 0.6 is 0 Å². The summed E-state index contributed by atoms with van der Waals surface area (Å²) in [6.45, 7) is 7.39. The van der Waals surface area contributed by atoms with Crippen molar-refractivity contribution >= 4 is 11.9 Å². The first-order valence-corrected chi connectivity index (χ1v) is 8.55. The third-order valence-corrected chi connectivity index (χ3v) is 3.78. The SMILES string of the molecule is CCNC(=NCCCOCCOC)N1CCCC(CC(N)=O)C1. The monoisotopic (exact) mass is 328 g/mol. The van der Waals surface area contributed by atoms with Gasteiger partial charge in [0, 0.05) is 46.3 Å². The molecule has 23 heavy (non-hydrogen) atoms. The Hall–Kier alpha value is -1.34. The molecular weight excluding hydrogens is 296 g/mol. The van der Waals surface area contributed by atoms with E-state index in [1.165, 1.54) is 0 Å². The van der Waals surface area contributed by atoms with Crippen molar-refractivity contribution in [1.82, 2.24) is 10.2 Å². The van der Waals surface area contributed by atoms with Crippen molar-refractivity contribution in [2.75, 3.05) is 53.1 Å². The van der Waals surface area contributed by atoms with Gasteiger partial charge in [0.25, 0.3) is 0 Å². The largest absolute Gasteiger partial charge is 0.382 e. The van der Waals surface area contributed by atoms with E-state index in [9.17, 15) is 4.79 Å². The molecule has 1 atom stereocenters. The van der Waals surface area contributed by atoms with Gasteiger partial charge in [0.1, 0.15) is 0 Å². The van der Waals surface area contributed by atoms with Gasteiger partial charge >= 0.3 is 0 Å². The number of nitrogens with zero attached hydrogens (tertiary/aromatic N) is 2. The van der Waals surface area contributed by atoms with E-state index in [4.69, 9.17) is 15.2 Å². The minimum absolute atomic E-state index is 0.216. The van der Waals surface area contributed by atoms with Crippen molar-refractivity contribution in [1.29, 1.82) is 0 Å². The molecule has 0 radical (unpaired) electrons. The summed E-state index contributed by atoms with van der Waals surface area (Å²) in [6.07, 6.45) is 3.48. The van der Waals surface area contributed by atoms with Gasteiger partial charge in [-0.05, 0) is 32.1 Å². The predicted octanol–water partition coefficient (Wildman–Crippen LogP) is 0.592. The molecule has 0 aliphatic carbocycles. The van der Waals surface area contributed by atoms with E-state index in [0.717, 1.165) is 51.4 Å². The molecule has 0 spiro atoms. The lowest BCUT2D eigenvalue weighted by Gasteiger charge is -2.34. The lowest BCUT2D eigenvalue weighted by molar-refractivity contribution is -0.119. The van der Waals surface area contributed by atoms with Crippen molar-refractivity contribution in [3.8, 4) is 0 Å². The van der Waals surface area contributed by atoms with Gasteiger partial charge in [-0.2, -0.15) is 0 Å². The molecule has 1 fully saturated rings. The highest BCUT2D eigenvalue weighted by Crippen LogP contribution is 2.19. The number of primary amides is 1. The Morgan fingerprint density at radius 3 is 2.91 bits per heavy atom. The fraction of sp³-hybridized carbons (Fsp3) is 0.875. The van der Waals surface area contributed by atoms with E-state index in [1.54, 1.807) is 7.11 Å². The van der Waals surface area contributed by atoms with Crippen LogP contribution in [0, 0.1) is 5.92 Å². The van der Waals surface area contributed by atoms with E-state index < -0.39 is 0 Å². The lowest BCUT2D eigenvalue weighted by Crippen LogP contribution is -2.47. The summed E-state index contributed by atoms with van der Waals surface area (Å²) in [7, 11) is 1.67. The number of nitrogens with one attached hydrogen (secondary N) is 1. The van der Waals surface area contributed by atoms with Crippen molar-refractivity contribution in [3.63, 3.8) is 0 Å². The van der Waals surface area contributed by atoms with Crippen LogP contribution in [-0.2, 0) is 14.3 Å². The second-order valence-corrected chi connectivity index (χ2v) is 5.82. The smallest absolute Gasteiger partial charge is 0.217 e. The number of hydrogen-bond donors (Lipinski definition) is 2. The summed E-state index contributed by atoms with van der Waals surface area (Å²) in [4.78, 5) is 18.0. The standard InChI is InChI=1S/C16H32N4O3/c1-3-18-16(19-7-5-9-23-11-10-22-2)20-8-4-6-14(13-20)12-15(17)21/h14H,3-13H2,1-2H3,(H2,17,21)(H,18,19). The third-order valence-electron chi connectivity index (χ3n) is 3.78. The highest BCUT2D eigenvalue weighted by atomic mass is 16.5. The molecule has 0 bridgehead atoms. The number of hydrogen-bond acceptors (Lipinski definition) is 4. The maximum atomic E-state index is 11.1. The molecule has 1 amide bonds. The molecule has 7 heteroatoms. The van der Waals surface area contributed by atoms with Crippen LogP contribution in [0.5, 0.6) is 0 Å².